The Bertz CT molecular complexity index is 393. The van der Waals surface area contributed by atoms with Gasteiger partial charge in [0.25, 0.3) is 0 Å². The SMILES string of the molecule is CCC(Nc1nc(Cl)c(C(=O)OC)s1)C(C)C. The molecular weight excluding hydrogens is 260 g/mol. The van der Waals surface area contributed by atoms with Crippen LogP contribution in [-0.4, -0.2) is 24.1 Å². The largest absolute Gasteiger partial charge is 0.465 e. The average molecular weight is 277 g/mol. The number of carbonyl (C=O) groups excluding carboxylic acids is 1. The van der Waals surface area contributed by atoms with Crippen molar-refractivity contribution in [3.05, 3.63) is 10.0 Å². The van der Waals surface area contributed by atoms with Gasteiger partial charge in [-0.2, -0.15) is 0 Å². The highest BCUT2D eigenvalue weighted by atomic mass is 35.5. The molecule has 4 nitrogen and oxygen atoms in total. The van der Waals surface area contributed by atoms with E-state index in [9.17, 15) is 4.79 Å². The molecule has 0 bridgehead atoms. The summed E-state index contributed by atoms with van der Waals surface area (Å²) in [4.78, 5) is 15.8. The predicted molar refractivity (Wildman–Crippen MR) is 71.0 cm³/mol. The molecule has 1 unspecified atom stereocenters. The van der Waals surface area contributed by atoms with Crippen molar-refractivity contribution >= 4 is 34.0 Å². The zero-order valence-corrected chi connectivity index (χ0v) is 12.0. The van der Waals surface area contributed by atoms with Gasteiger partial charge in [0, 0.05) is 6.04 Å². The lowest BCUT2D eigenvalue weighted by Crippen LogP contribution is -2.24. The van der Waals surface area contributed by atoms with Gasteiger partial charge in [0.05, 0.1) is 7.11 Å². The molecule has 1 heterocycles. The van der Waals surface area contributed by atoms with Crippen LogP contribution in [0.25, 0.3) is 0 Å². The average Bonchev–Trinajstić information content (AvgIpc) is 2.65. The molecule has 0 aliphatic rings. The Morgan fingerprint density at radius 2 is 2.24 bits per heavy atom. The number of anilines is 1. The molecule has 1 atom stereocenters. The van der Waals surface area contributed by atoms with Crippen molar-refractivity contribution < 1.29 is 9.53 Å². The van der Waals surface area contributed by atoms with Crippen LogP contribution in [0.2, 0.25) is 5.15 Å². The lowest BCUT2D eigenvalue weighted by Gasteiger charge is -2.19. The zero-order valence-electron chi connectivity index (χ0n) is 10.4. The third-order valence-electron chi connectivity index (χ3n) is 2.51. The summed E-state index contributed by atoms with van der Waals surface area (Å²) in [5, 5.41) is 4.14. The number of nitrogens with zero attached hydrogens (tertiary/aromatic N) is 1. The Morgan fingerprint density at radius 1 is 1.59 bits per heavy atom. The zero-order chi connectivity index (χ0) is 13.0. The quantitative estimate of drug-likeness (QED) is 0.837. The van der Waals surface area contributed by atoms with Crippen LogP contribution in [0.4, 0.5) is 5.13 Å². The number of hydrogen-bond donors (Lipinski definition) is 1. The lowest BCUT2D eigenvalue weighted by molar-refractivity contribution is 0.0606. The van der Waals surface area contributed by atoms with Gasteiger partial charge < -0.3 is 10.1 Å². The maximum Gasteiger partial charge on any atom is 0.351 e. The van der Waals surface area contributed by atoms with Crippen LogP contribution in [0.1, 0.15) is 36.9 Å². The van der Waals surface area contributed by atoms with Crippen LogP contribution in [0.3, 0.4) is 0 Å². The predicted octanol–water partition coefficient (Wildman–Crippen LogP) is 3.43. The van der Waals surface area contributed by atoms with Gasteiger partial charge in [-0.15, -0.1) is 0 Å². The minimum Gasteiger partial charge on any atom is -0.465 e. The third-order valence-corrected chi connectivity index (χ3v) is 3.86. The van der Waals surface area contributed by atoms with Gasteiger partial charge in [-0.25, -0.2) is 9.78 Å². The molecule has 0 spiro atoms. The van der Waals surface area contributed by atoms with E-state index in [1.54, 1.807) is 0 Å². The molecule has 17 heavy (non-hydrogen) atoms. The van der Waals surface area contributed by atoms with Crippen LogP contribution in [-0.2, 0) is 4.74 Å². The van der Waals surface area contributed by atoms with E-state index in [1.807, 2.05) is 0 Å². The summed E-state index contributed by atoms with van der Waals surface area (Å²) in [6, 6.07) is 0.322. The first-order valence-corrected chi connectivity index (χ1v) is 6.70. The van der Waals surface area contributed by atoms with Gasteiger partial charge in [-0.1, -0.05) is 43.7 Å². The van der Waals surface area contributed by atoms with Crippen LogP contribution < -0.4 is 5.32 Å². The number of aromatic nitrogens is 1. The Kier molecular flexibility index (Phi) is 5.21. The Balaban J connectivity index is 2.83. The van der Waals surface area contributed by atoms with Crippen molar-refractivity contribution in [2.75, 3.05) is 12.4 Å². The fourth-order valence-electron chi connectivity index (χ4n) is 1.48. The van der Waals surface area contributed by atoms with E-state index >= 15 is 0 Å². The maximum absolute atomic E-state index is 11.4. The van der Waals surface area contributed by atoms with Crippen LogP contribution in [0.5, 0.6) is 0 Å². The second kappa shape index (κ2) is 6.21. The normalized spacial score (nSPS) is 12.6. The number of ether oxygens (including phenoxy) is 1. The second-order valence-corrected chi connectivity index (χ2v) is 5.39. The first-order valence-electron chi connectivity index (χ1n) is 5.50. The molecule has 6 heteroatoms. The number of hydrogen-bond acceptors (Lipinski definition) is 5. The van der Waals surface area contributed by atoms with E-state index in [-0.39, 0.29) is 5.15 Å². The smallest absolute Gasteiger partial charge is 0.351 e. The molecule has 1 rings (SSSR count). The van der Waals surface area contributed by atoms with E-state index in [0.29, 0.717) is 22.0 Å². The summed E-state index contributed by atoms with van der Waals surface area (Å²) in [5.41, 5.74) is 0. The standard InChI is InChI=1S/C11H17ClN2O2S/c1-5-7(6(2)3)13-11-14-9(12)8(17-11)10(15)16-4/h6-7H,5H2,1-4H3,(H,13,14). The molecule has 1 aromatic heterocycles. The second-order valence-electron chi connectivity index (χ2n) is 4.03. The van der Waals surface area contributed by atoms with Crippen LogP contribution in [0, 0.1) is 5.92 Å². The third kappa shape index (κ3) is 3.57. The summed E-state index contributed by atoms with van der Waals surface area (Å²) in [7, 11) is 1.33. The van der Waals surface area contributed by atoms with Crippen molar-refractivity contribution in [1.82, 2.24) is 4.98 Å². The monoisotopic (exact) mass is 276 g/mol. The summed E-state index contributed by atoms with van der Waals surface area (Å²) in [5.74, 6) is 0.0439. The summed E-state index contributed by atoms with van der Waals surface area (Å²) in [6.45, 7) is 6.38. The van der Waals surface area contributed by atoms with E-state index in [4.69, 9.17) is 11.6 Å². The molecule has 0 saturated heterocycles. The molecule has 0 amide bonds. The number of nitrogens with one attached hydrogen (secondary N) is 1. The van der Waals surface area contributed by atoms with Gasteiger partial charge in [0.2, 0.25) is 0 Å². The molecule has 1 N–H and O–H groups in total. The number of halogens is 1. The highest BCUT2D eigenvalue weighted by molar-refractivity contribution is 7.18. The van der Waals surface area contributed by atoms with Gasteiger partial charge in [-0.3, -0.25) is 0 Å². The van der Waals surface area contributed by atoms with Crippen molar-refractivity contribution in [3.63, 3.8) is 0 Å². The molecule has 96 valence electrons. The Hall–Kier alpha value is -0.810. The van der Waals surface area contributed by atoms with E-state index in [0.717, 1.165) is 6.42 Å². The van der Waals surface area contributed by atoms with Gasteiger partial charge in [0.15, 0.2) is 15.2 Å². The fraction of sp³-hybridized carbons (Fsp3) is 0.636. The molecular formula is C11H17ClN2O2S. The number of thiazole rings is 1. The number of carbonyl (C=O) groups is 1. The van der Waals surface area contributed by atoms with Crippen LogP contribution in [0.15, 0.2) is 0 Å². The highest BCUT2D eigenvalue weighted by Gasteiger charge is 2.19. The number of methoxy groups -OCH3 is 1. The fourth-order valence-corrected chi connectivity index (χ4v) is 2.65. The number of rotatable bonds is 5. The molecule has 0 aromatic carbocycles. The molecule has 0 radical (unpaired) electrons. The maximum atomic E-state index is 11.4. The number of esters is 1. The Morgan fingerprint density at radius 3 is 2.71 bits per heavy atom. The molecule has 0 aliphatic carbocycles. The van der Waals surface area contributed by atoms with Gasteiger partial charge >= 0.3 is 5.97 Å². The molecule has 1 aromatic rings. The first kappa shape index (κ1) is 14.3. The van der Waals surface area contributed by atoms with Crippen molar-refractivity contribution in [1.29, 1.82) is 0 Å². The highest BCUT2D eigenvalue weighted by Crippen LogP contribution is 2.28. The summed E-state index contributed by atoms with van der Waals surface area (Å²) < 4.78 is 4.63. The van der Waals surface area contributed by atoms with Gasteiger partial charge in [0.1, 0.15) is 0 Å². The first-order chi connectivity index (χ1) is 7.99. The van der Waals surface area contributed by atoms with Crippen molar-refractivity contribution in [3.8, 4) is 0 Å². The van der Waals surface area contributed by atoms with E-state index in [1.165, 1.54) is 18.4 Å². The van der Waals surface area contributed by atoms with Crippen LogP contribution >= 0.6 is 22.9 Å². The summed E-state index contributed by atoms with van der Waals surface area (Å²) >= 11 is 7.11. The minimum atomic E-state index is -0.446. The topological polar surface area (TPSA) is 51.2 Å². The van der Waals surface area contributed by atoms with Crippen molar-refractivity contribution in [2.24, 2.45) is 5.92 Å². The summed E-state index contributed by atoms with van der Waals surface area (Å²) in [6.07, 6.45) is 0.989. The molecule has 0 saturated carbocycles. The van der Waals surface area contributed by atoms with E-state index < -0.39 is 5.97 Å². The Labute approximate surface area is 110 Å². The minimum absolute atomic E-state index is 0.197. The van der Waals surface area contributed by atoms with Crippen molar-refractivity contribution in [2.45, 2.75) is 33.2 Å². The van der Waals surface area contributed by atoms with E-state index in [2.05, 4.69) is 35.8 Å². The lowest BCUT2D eigenvalue weighted by atomic mass is 10.0. The van der Waals surface area contributed by atoms with Gasteiger partial charge in [-0.05, 0) is 12.3 Å². The molecule has 0 aliphatic heterocycles. The molecule has 0 fully saturated rings.